The maximum Gasteiger partial charge on any atom is 0.349 e. The Morgan fingerprint density at radius 1 is 1.00 bits per heavy atom. The summed E-state index contributed by atoms with van der Waals surface area (Å²) in [4.78, 5) is 22.4. The fourth-order valence-corrected chi connectivity index (χ4v) is 6.07. The van der Waals surface area contributed by atoms with E-state index in [2.05, 4.69) is 0 Å². The van der Waals surface area contributed by atoms with Crippen LogP contribution < -0.4 is 0 Å². The van der Waals surface area contributed by atoms with E-state index in [0.717, 1.165) is 23.7 Å². The Morgan fingerprint density at radius 3 is 1.94 bits per heavy atom. The molecule has 0 unspecified atom stereocenters. The first-order chi connectivity index (χ1) is 7.49. The maximum absolute atomic E-state index is 12.1. The Balaban J connectivity index is 1.35. The van der Waals surface area contributed by atoms with Gasteiger partial charge in [-0.15, -0.1) is 0 Å². The lowest BCUT2D eigenvalue weighted by Crippen LogP contribution is -3.06. The summed E-state index contributed by atoms with van der Waals surface area (Å²) in [5, 5.41) is 0. The van der Waals surface area contributed by atoms with Crippen LogP contribution in [0.2, 0.25) is 0 Å². The summed E-state index contributed by atoms with van der Waals surface area (Å²) < 4.78 is 0. The molecule has 0 spiro atoms. The van der Waals surface area contributed by atoms with Gasteiger partial charge in [0.05, 0.1) is 5.41 Å². The first-order valence-electron chi connectivity index (χ1n) is 6.40. The van der Waals surface area contributed by atoms with Crippen LogP contribution in [0.3, 0.4) is 0 Å². The lowest BCUT2D eigenvalue weighted by atomic mass is 8.96. The van der Waals surface area contributed by atoms with Gasteiger partial charge in [0.1, 0.15) is 5.60 Å². The summed E-state index contributed by atoms with van der Waals surface area (Å²) in [6, 6.07) is 0. The highest BCUT2D eigenvalue weighted by atomic mass is 17.2. The van der Waals surface area contributed by atoms with Crippen LogP contribution in [0, 0.1) is 46.8 Å². The van der Waals surface area contributed by atoms with Gasteiger partial charge in [-0.2, -0.15) is 4.89 Å². The van der Waals surface area contributed by atoms with Crippen molar-refractivity contribution >= 4 is 5.97 Å². The van der Waals surface area contributed by atoms with Gasteiger partial charge in [-0.25, -0.2) is 4.79 Å². The largest absolute Gasteiger partial charge is 0.349 e. The van der Waals surface area contributed by atoms with Crippen molar-refractivity contribution in [2.45, 2.75) is 26.4 Å². The van der Waals surface area contributed by atoms with E-state index < -0.39 is 5.60 Å². The molecule has 0 N–H and O–H groups in total. The lowest BCUT2D eigenvalue weighted by molar-refractivity contribution is -0.602. The van der Waals surface area contributed by atoms with Crippen molar-refractivity contribution in [3.05, 3.63) is 0 Å². The van der Waals surface area contributed by atoms with Gasteiger partial charge < -0.3 is 0 Å². The Hall–Kier alpha value is -0.570. The topological polar surface area (TPSA) is 35.5 Å². The molecule has 3 heteroatoms. The molecule has 0 radical (unpaired) electrons. The average molecular weight is 220 g/mol. The molecule has 0 heterocycles. The summed E-state index contributed by atoms with van der Waals surface area (Å²) >= 11 is 0. The van der Waals surface area contributed by atoms with Gasteiger partial charge in [0.25, 0.3) is 0 Å². The van der Waals surface area contributed by atoms with E-state index in [1.165, 1.54) is 0 Å². The van der Waals surface area contributed by atoms with Crippen LogP contribution in [0.15, 0.2) is 0 Å². The van der Waals surface area contributed by atoms with Crippen LogP contribution in [0.4, 0.5) is 0 Å². The average Bonchev–Trinajstić information content (AvgIpc) is 2.25. The normalized spacial score (nSPS) is 65.3. The molecule has 0 amide bonds. The van der Waals surface area contributed by atoms with Crippen molar-refractivity contribution in [2.24, 2.45) is 46.8 Å². The molecular formula is C13H16O3. The predicted octanol–water partition coefficient (Wildman–Crippen LogP) is 1.63. The predicted molar refractivity (Wildman–Crippen MR) is 53.8 cm³/mol. The molecule has 6 saturated carbocycles. The fourth-order valence-electron chi connectivity index (χ4n) is 6.07. The number of rotatable bonds is 2. The third-order valence-corrected chi connectivity index (χ3v) is 6.20. The van der Waals surface area contributed by atoms with Gasteiger partial charge >= 0.3 is 5.97 Å². The van der Waals surface area contributed by atoms with Crippen molar-refractivity contribution in [2.75, 3.05) is 0 Å². The molecule has 6 aliphatic rings. The minimum Gasteiger partial charge on any atom is -0.297 e. The molecule has 0 aromatic rings. The SMILES string of the molecule is CC(C)(C)OOC(=O)C12C3C4C5C3C1C5C42. The van der Waals surface area contributed by atoms with Crippen molar-refractivity contribution in [1.82, 2.24) is 0 Å². The number of carbonyl (C=O) groups is 1. The molecule has 0 aromatic heterocycles. The molecule has 0 aliphatic heterocycles. The Kier molecular flexibility index (Phi) is 0.988. The van der Waals surface area contributed by atoms with E-state index in [4.69, 9.17) is 9.78 Å². The van der Waals surface area contributed by atoms with Crippen molar-refractivity contribution in [1.29, 1.82) is 0 Å². The monoisotopic (exact) mass is 220 g/mol. The summed E-state index contributed by atoms with van der Waals surface area (Å²) in [5.41, 5.74) is -0.436. The second kappa shape index (κ2) is 1.86. The highest BCUT2D eigenvalue weighted by molar-refractivity contribution is 5.87. The van der Waals surface area contributed by atoms with Crippen molar-refractivity contribution < 1.29 is 14.6 Å². The smallest absolute Gasteiger partial charge is 0.297 e. The van der Waals surface area contributed by atoms with Crippen molar-refractivity contribution in [3.8, 4) is 0 Å². The van der Waals surface area contributed by atoms with Crippen molar-refractivity contribution in [3.63, 3.8) is 0 Å². The number of carbonyl (C=O) groups excluding carboxylic acids is 1. The summed E-state index contributed by atoms with van der Waals surface area (Å²) in [5.74, 6) is 5.85. The Morgan fingerprint density at radius 2 is 1.50 bits per heavy atom. The second-order valence-electron chi connectivity index (χ2n) is 7.39. The number of hydrogen-bond donors (Lipinski definition) is 0. The van der Waals surface area contributed by atoms with Crippen LogP contribution in [0.5, 0.6) is 0 Å². The molecule has 0 atom stereocenters. The molecule has 0 bridgehead atoms. The molecule has 6 fully saturated rings. The second-order valence-corrected chi connectivity index (χ2v) is 7.39. The first kappa shape index (κ1) is 8.51. The van der Waals surface area contributed by atoms with E-state index in [9.17, 15) is 4.79 Å². The van der Waals surface area contributed by atoms with E-state index in [1.54, 1.807) is 0 Å². The minimum atomic E-state index is -0.394. The molecule has 0 saturated heterocycles. The molecular weight excluding hydrogens is 204 g/mol. The van der Waals surface area contributed by atoms with Crippen LogP contribution in [0.25, 0.3) is 0 Å². The minimum absolute atomic E-state index is 0.0417. The van der Waals surface area contributed by atoms with Crippen LogP contribution in [-0.2, 0) is 14.6 Å². The van der Waals surface area contributed by atoms with E-state index in [-0.39, 0.29) is 11.4 Å². The van der Waals surface area contributed by atoms with E-state index >= 15 is 0 Å². The Labute approximate surface area is 94.4 Å². The molecule has 3 nitrogen and oxygen atoms in total. The molecule has 16 heavy (non-hydrogen) atoms. The molecule has 6 rings (SSSR count). The van der Waals surface area contributed by atoms with Crippen LogP contribution >= 0.6 is 0 Å². The zero-order chi connectivity index (χ0) is 11.0. The van der Waals surface area contributed by atoms with E-state index in [1.807, 2.05) is 20.8 Å². The molecule has 86 valence electrons. The quantitative estimate of drug-likeness (QED) is 0.524. The van der Waals surface area contributed by atoms with Gasteiger partial charge in [-0.1, -0.05) is 0 Å². The summed E-state index contributed by atoms with van der Waals surface area (Å²) in [7, 11) is 0. The van der Waals surface area contributed by atoms with Gasteiger partial charge in [0.2, 0.25) is 0 Å². The summed E-state index contributed by atoms with van der Waals surface area (Å²) in [6.45, 7) is 5.71. The Bertz CT molecular complexity index is 382. The van der Waals surface area contributed by atoms with Gasteiger partial charge in [-0.3, -0.25) is 4.89 Å². The zero-order valence-electron chi connectivity index (χ0n) is 9.77. The van der Waals surface area contributed by atoms with Crippen LogP contribution in [-0.4, -0.2) is 11.6 Å². The van der Waals surface area contributed by atoms with Crippen LogP contribution in [0.1, 0.15) is 20.8 Å². The van der Waals surface area contributed by atoms with Gasteiger partial charge in [-0.05, 0) is 62.2 Å². The van der Waals surface area contributed by atoms with Gasteiger partial charge in [0.15, 0.2) is 0 Å². The standard InChI is InChI=1S/C13H16O3/c1-12(2,3)16-15-11(14)13-8-5-4-6(8)10(13)7(4)9(5)13/h4-10H,1-3H3. The maximum atomic E-state index is 12.1. The summed E-state index contributed by atoms with van der Waals surface area (Å²) in [6.07, 6.45) is 0. The number of hydrogen-bond acceptors (Lipinski definition) is 3. The third-order valence-electron chi connectivity index (χ3n) is 6.20. The fraction of sp³-hybridized carbons (Fsp3) is 0.923. The molecule has 6 aliphatic carbocycles. The first-order valence-corrected chi connectivity index (χ1v) is 6.40. The van der Waals surface area contributed by atoms with Gasteiger partial charge in [0, 0.05) is 0 Å². The highest BCUT2D eigenvalue weighted by Gasteiger charge is 3.06. The lowest BCUT2D eigenvalue weighted by Gasteiger charge is -3.06. The highest BCUT2D eigenvalue weighted by Crippen LogP contribution is 3.06. The molecule has 0 aromatic carbocycles. The van der Waals surface area contributed by atoms with E-state index in [0.29, 0.717) is 17.8 Å². The third kappa shape index (κ3) is 0.485. The zero-order valence-corrected chi connectivity index (χ0v) is 9.77.